The van der Waals surface area contributed by atoms with Gasteiger partial charge < -0.3 is 11.1 Å². The first-order valence-corrected chi connectivity index (χ1v) is 3.95. The number of guanidine groups is 1. The molecule has 0 aliphatic carbocycles. The molecular weight excluding hydrogens is 213 g/mol. The van der Waals surface area contributed by atoms with Crippen molar-refractivity contribution in [2.75, 3.05) is 20.1 Å². The number of rotatable bonds is 3. The standard InChI is InChI=1S/C6H13F3N6/c1-13-2-3-15(12)5(11)14-4(10)6(7,8)9/h13H,2-3,12H2,1H3,(H3,10,11,14). The quantitative estimate of drug-likeness (QED) is 0.220. The first kappa shape index (κ1) is 13.7. The third-order valence-corrected chi connectivity index (χ3v) is 1.39. The molecule has 0 saturated carbocycles. The monoisotopic (exact) mass is 226 g/mol. The van der Waals surface area contributed by atoms with Crippen LogP contribution in [0, 0.1) is 5.41 Å². The van der Waals surface area contributed by atoms with Gasteiger partial charge in [0.15, 0.2) is 0 Å². The van der Waals surface area contributed by atoms with Crippen molar-refractivity contribution in [3.05, 3.63) is 0 Å². The van der Waals surface area contributed by atoms with Crippen molar-refractivity contribution >= 4 is 11.8 Å². The molecule has 6 N–H and O–H groups in total. The normalized spacial score (nSPS) is 12.7. The van der Waals surface area contributed by atoms with E-state index in [1.807, 2.05) is 0 Å². The molecule has 15 heavy (non-hydrogen) atoms. The number of nitrogens with two attached hydrogens (primary N) is 2. The number of amidine groups is 1. The van der Waals surface area contributed by atoms with Gasteiger partial charge in [0.1, 0.15) is 0 Å². The highest BCUT2D eigenvalue weighted by Crippen LogP contribution is 2.14. The van der Waals surface area contributed by atoms with Crippen LogP contribution in [-0.2, 0) is 0 Å². The van der Waals surface area contributed by atoms with Crippen molar-refractivity contribution in [1.29, 1.82) is 5.41 Å². The molecule has 0 atom stereocenters. The molecule has 88 valence electrons. The summed E-state index contributed by atoms with van der Waals surface area (Å²) in [6.45, 7) is 0.574. The predicted molar refractivity (Wildman–Crippen MR) is 50.2 cm³/mol. The molecule has 0 aliphatic rings. The van der Waals surface area contributed by atoms with Gasteiger partial charge in [0, 0.05) is 13.1 Å². The van der Waals surface area contributed by atoms with E-state index >= 15 is 0 Å². The van der Waals surface area contributed by atoms with Crippen LogP contribution in [0.1, 0.15) is 0 Å². The van der Waals surface area contributed by atoms with E-state index in [1.54, 1.807) is 7.05 Å². The second kappa shape index (κ2) is 5.51. The molecule has 0 spiro atoms. The van der Waals surface area contributed by atoms with Gasteiger partial charge in [0.2, 0.25) is 11.8 Å². The number of likely N-dealkylation sites (N-methyl/N-ethyl adjacent to an activating group) is 1. The summed E-state index contributed by atoms with van der Waals surface area (Å²) in [5, 5.41) is 10.6. The molecule has 0 amide bonds. The van der Waals surface area contributed by atoms with E-state index in [0.717, 1.165) is 5.01 Å². The Bertz CT molecular complexity index is 248. The van der Waals surface area contributed by atoms with Gasteiger partial charge in [-0.15, -0.1) is 0 Å². The van der Waals surface area contributed by atoms with Gasteiger partial charge in [-0.05, 0) is 7.05 Å². The Kier molecular flexibility index (Phi) is 5.02. The molecule has 0 bridgehead atoms. The third kappa shape index (κ3) is 5.18. The van der Waals surface area contributed by atoms with Crippen molar-refractivity contribution in [3.8, 4) is 0 Å². The Hall–Kier alpha value is -1.35. The lowest BCUT2D eigenvalue weighted by Gasteiger charge is -2.16. The highest BCUT2D eigenvalue weighted by Gasteiger charge is 2.34. The van der Waals surface area contributed by atoms with E-state index in [2.05, 4.69) is 16.0 Å². The molecule has 9 heteroatoms. The van der Waals surface area contributed by atoms with Crippen molar-refractivity contribution < 1.29 is 13.2 Å². The SMILES string of the molecule is CNCCN(N)C(=N)/N=C(\N)C(F)(F)F. The Morgan fingerprint density at radius 2 is 2.07 bits per heavy atom. The topological polar surface area (TPSA) is 104 Å². The summed E-state index contributed by atoms with van der Waals surface area (Å²) in [5.74, 6) is 2.91. The molecule has 0 aromatic heterocycles. The summed E-state index contributed by atoms with van der Waals surface area (Å²) in [7, 11) is 1.64. The van der Waals surface area contributed by atoms with Gasteiger partial charge in [-0.25, -0.2) is 5.84 Å². The minimum atomic E-state index is -4.74. The first-order valence-electron chi connectivity index (χ1n) is 3.95. The van der Waals surface area contributed by atoms with E-state index in [4.69, 9.17) is 11.3 Å². The maximum absolute atomic E-state index is 11.9. The van der Waals surface area contributed by atoms with Gasteiger partial charge >= 0.3 is 6.18 Å². The van der Waals surface area contributed by atoms with E-state index in [9.17, 15) is 13.2 Å². The van der Waals surface area contributed by atoms with Crippen molar-refractivity contribution in [2.45, 2.75) is 6.18 Å². The average molecular weight is 226 g/mol. The van der Waals surface area contributed by atoms with Crippen molar-refractivity contribution in [3.63, 3.8) is 0 Å². The Labute approximate surface area is 84.6 Å². The fourth-order valence-electron chi connectivity index (χ4n) is 0.580. The molecule has 0 heterocycles. The highest BCUT2D eigenvalue weighted by atomic mass is 19.4. The number of nitrogens with zero attached hydrogens (tertiary/aromatic N) is 2. The maximum Gasteiger partial charge on any atom is 0.449 e. The van der Waals surface area contributed by atoms with Crippen LogP contribution in [0.2, 0.25) is 0 Å². The van der Waals surface area contributed by atoms with Gasteiger partial charge in [0.05, 0.1) is 0 Å². The van der Waals surface area contributed by atoms with Crippen LogP contribution in [0.3, 0.4) is 0 Å². The van der Waals surface area contributed by atoms with Crippen LogP contribution in [0.25, 0.3) is 0 Å². The van der Waals surface area contributed by atoms with Crippen LogP contribution < -0.4 is 16.9 Å². The number of halogens is 3. The molecule has 0 saturated heterocycles. The molecule has 0 rings (SSSR count). The predicted octanol–water partition coefficient (Wildman–Crippen LogP) is -0.764. The summed E-state index contributed by atoms with van der Waals surface area (Å²) >= 11 is 0. The molecule has 0 aliphatic heterocycles. The lowest BCUT2D eigenvalue weighted by Crippen LogP contribution is -2.42. The molecule has 0 aromatic rings. The fraction of sp³-hybridized carbons (Fsp3) is 0.667. The van der Waals surface area contributed by atoms with E-state index in [0.29, 0.717) is 6.54 Å². The molecule has 0 aromatic carbocycles. The van der Waals surface area contributed by atoms with E-state index < -0.39 is 18.0 Å². The Balaban J connectivity index is 4.34. The van der Waals surface area contributed by atoms with Gasteiger partial charge in [-0.1, -0.05) is 0 Å². The van der Waals surface area contributed by atoms with Gasteiger partial charge in [-0.2, -0.15) is 18.2 Å². The van der Waals surface area contributed by atoms with Crippen molar-refractivity contribution in [1.82, 2.24) is 10.3 Å². The first-order chi connectivity index (χ1) is 6.79. The number of nitrogens with one attached hydrogen (secondary N) is 2. The Morgan fingerprint density at radius 3 is 2.47 bits per heavy atom. The number of hydrogen-bond acceptors (Lipinski definition) is 3. The largest absolute Gasteiger partial charge is 0.449 e. The summed E-state index contributed by atoms with van der Waals surface area (Å²) < 4.78 is 35.7. The molecule has 0 fully saturated rings. The van der Waals surface area contributed by atoms with Crippen LogP contribution in [0.4, 0.5) is 13.2 Å². The summed E-state index contributed by atoms with van der Waals surface area (Å²) in [4.78, 5) is 2.83. The summed E-state index contributed by atoms with van der Waals surface area (Å²) in [6.07, 6.45) is -4.74. The van der Waals surface area contributed by atoms with Crippen molar-refractivity contribution in [2.24, 2.45) is 16.6 Å². The molecule has 0 unspecified atom stereocenters. The fourth-order valence-corrected chi connectivity index (χ4v) is 0.580. The lowest BCUT2D eigenvalue weighted by molar-refractivity contribution is -0.0597. The number of hydrazine groups is 1. The van der Waals surface area contributed by atoms with Crippen LogP contribution in [-0.4, -0.2) is 43.1 Å². The molecule has 6 nitrogen and oxygen atoms in total. The zero-order chi connectivity index (χ0) is 12.1. The smallest absolute Gasteiger partial charge is 0.379 e. The van der Waals surface area contributed by atoms with E-state index in [-0.39, 0.29) is 6.54 Å². The second-order valence-corrected chi connectivity index (χ2v) is 2.62. The molecular formula is C6H13F3N6. The zero-order valence-electron chi connectivity index (χ0n) is 8.10. The van der Waals surface area contributed by atoms with E-state index in [1.165, 1.54) is 0 Å². The minimum absolute atomic E-state index is 0.157. The molecule has 0 radical (unpaired) electrons. The Morgan fingerprint density at radius 1 is 1.53 bits per heavy atom. The maximum atomic E-state index is 11.9. The summed E-state index contributed by atoms with van der Waals surface area (Å²) in [6, 6.07) is 0. The second-order valence-electron chi connectivity index (χ2n) is 2.62. The van der Waals surface area contributed by atoms with Crippen LogP contribution >= 0.6 is 0 Å². The minimum Gasteiger partial charge on any atom is -0.379 e. The number of aliphatic imine (C=N–C) groups is 1. The third-order valence-electron chi connectivity index (χ3n) is 1.39. The lowest BCUT2D eigenvalue weighted by atomic mass is 10.5. The van der Waals surface area contributed by atoms with Gasteiger partial charge in [0.25, 0.3) is 0 Å². The number of alkyl halides is 3. The number of hydrogen-bond donors (Lipinski definition) is 4. The van der Waals surface area contributed by atoms with Gasteiger partial charge in [-0.3, -0.25) is 10.4 Å². The van der Waals surface area contributed by atoms with Crippen LogP contribution in [0.15, 0.2) is 4.99 Å². The zero-order valence-corrected chi connectivity index (χ0v) is 8.10. The average Bonchev–Trinajstić information content (AvgIpc) is 2.12. The highest BCUT2D eigenvalue weighted by molar-refractivity contribution is 5.96. The summed E-state index contributed by atoms with van der Waals surface area (Å²) in [5.41, 5.74) is 4.60. The van der Waals surface area contributed by atoms with Crippen LogP contribution in [0.5, 0.6) is 0 Å².